The number of nitrogens with one attached hydrogen (secondary N) is 1. The maximum Gasteiger partial charge on any atom is 0.338 e. The number of nitro groups is 1. The summed E-state index contributed by atoms with van der Waals surface area (Å²) in [6, 6.07) is 3.36. The van der Waals surface area contributed by atoms with E-state index in [1.165, 1.54) is 6.07 Å². The summed E-state index contributed by atoms with van der Waals surface area (Å²) >= 11 is 0. The Bertz CT molecular complexity index is 565. The van der Waals surface area contributed by atoms with Gasteiger partial charge in [-0.15, -0.1) is 0 Å². The van der Waals surface area contributed by atoms with Crippen molar-refractivity contribution in [3.8, 4) is 0 Å². The van der Waals surface area contributed by atoms with E-state index in [0.29, 0.717) is 0 Å². The number of hydrogen-bond acceptors (Lipinski definition) is 6. The Morgan fingerprint density at radius 2 is 1.89 bits per heavy atom. The van der Waals surface area contributed by atoms with Crippen LogP contribution in [0.5, 0.6) is 0 Å². The number of esters is 1. The van der Waals surface area contributed by atoms with E-state index in [1.54, 1.807) is 6.92 Å². The van der Waals surface area contributed by atoms with Crippen LogP contribution in [0, 0.1) is 15.5 Å². The van der Waals surface area contributed by atoms with Gasteiger partial charge in [-0.25, -0.2) is 4.79 Å². The van der Waals surface area contributed by atoms with E-state index < -0.39 is 16.7 Å². The van der Waals surface area contributed by atoms with Crippen LogP contribution in [0.1, 0.15) is 29.3 Å². The molecule has 0 aromatic heterocycles. The number of Topliss-reactive ketones (excluding diaryl/α,β-unsaturated/α-hetero) is 1. The largest absolute Gasteiger partial charge is 0.465 e. The van der Waals surface area contributed by atoms with Gasteiger partial charge in [0.25, 0.3) is 5.69 Å². The van der Waals surface area contributed by atoms with E-state index in [9.17, 15) is 19.7 Å². The second kappa shape index (κ2) is 5.85. The van der Waals surface area contributed by atoms with Crippen molar-refractivity contribution in [2.24, 2.45) is 0 Å². The Hall–Kier alpha value is -2.57. The highest BCUT2D eigenvalue weighted by atomic mass is 16.6. The zero-order valence-corrected chi connectivity index (χ0v) is 10.4. The number of nitrogens with zero attached hydrogens (tertiary/aromatic N) is 1. The molecule has 1 aromatic rings. The summed E-state index contributed by atoms with van der Waals surface area (Å²) in [6.45, 7) is 1.58. The highest BCUT2D eigenvalue weighted by Gasteiger charge is 2.19. The van der Waals surface area contributed by atoms with Crippen molar-refractivity contribution in [1.29, 1.82) is 5.41 Å². The first-order chi connectivity index (χ1) is 8.90. The summed E-state index contributed by atoms with van der Waals surface area (Å²) in [5.41, 5.74) is -0.773. The standard InChI is InChI=1S/C12H12N2O5/c1-3-10(15)11(13)7-4-8(12(16)19-2)6-9(5-7)14(17)18/h4-6,13H,3H2,1-2H3. The van der Waals surface area contributed by atoms with Crippen LogP contribution in [0.25, 0.3) is 0 Å². The van der Waals surface area contributed by atoms with E-state index in [1.807, 2.05) is 0 Å². The van der Waals surface area contributed by atoms with Gasteiger partial charge in [0.2, 0.25) is 0 Å². The first-order valence-corrected chi connectivity index (χ1v) is 5.40. The number of nitro benzene ring substituents is 1. The molecule has 0 radical (unpaired) electrons. The normalized spacial score (nSPS) is 9.79. The Balaban J connectivity index is 3.36. The van der Waals surface area contributed by atoms with Crippen LogP contribution in [-0.4, -0.2) is 29.5 Å². The molecule has 1 aromatic carbocycles. The van der Waals surface area contributed by atoms with Gasteiger partial charge in [0.1, 0.15) is 5.71 Å². The number of ketones is 1. The molecule has 0 heterocycles. The van der Waals surface area contributed by atoms with Crippen molar-refractivity contribution in [1.82, 2.24) is 0 Å². The molecule has 0 saturated carbocycles. The van der Waals surface area contributed by atoms with Gasteiger partial charge < -0.3 is 4.74 Å². The minimum Gasteiger partial charge on any atom is -0.465 e. The second-order valence-electron chi connectivity index (χ2n) is 3.67. The van der Waals surface area contributed by atoms with Crippen LogP contribution in [0.15, 0.2) is 18.2 Å². The zero-order chi connectivity index (χ0) is 14.6. The summed E-state index contributed by atoms with van der Waals surface area (Å²) in [6.07, 6.45) is 0.106. The van der Waals surface area contributed by atoms with Crippen LogP contribution in [0.4, 0.5) is 5.69 Å². The van der Waals surface area contributed by atoms with E-state index in [2.05, 4.69) is 4.74 Å². The molecule has 0 saturated heterocycles. The fourth-order valence-corrected chi connectivity index (χ4v) is 1.43. The highest BCUT2D eigenvalue weighted by molar-refractivity contribution is 6.45. The second-order valence-corrected chi connectivity index (χ2v) is 3.67. The average Bonchev–Trinajstić information content (AvgIpc) is 2.43. The minimum atomic E-state index is -0.762. The van der Waals surface area contributed by atoms with E-state index in [-0.39, 0.29) is 28.9 Å². The predicted molar refractivity (Wildman–Crippen MR) is 66.6 cm³/mol. The number of carbonyl (C=O) groups is 2. The van der Waals surface area contributed by atoms with Crippen LogP contribution in [0.3, 0.4) is 0 Å². The Labute approximate surface area is 108 Å². The van der Waals surface area contributed by atoms with Gasteiger partial charge in [0.05, 0.1) is 17.6 Å². The molecule has 0 amide bonds. The summed E-state index contributed by atoms with van der Waals surface area (Å²) in [5.74, 6) is -1.22. The number of rotatable bonds is 5. The Morgan fingerprint density at radius 1 is 1.32 bits per heavy atom. The van der Waals surface area contributed by atoms with E-state index in [0.717, 1.165) is 19.2 Å². The number of hydrogen-bond donors (Lipinski definition) is 1. The van der Waals surface area contributed by atoms with Gasteiger partial charge in [-0.1, -0.05) is 6.92 Å². The summed E-state index contributed by atoms with van der Waals surface area (Å²) < 4.78 is 4.48. The maximum absolute atomic E-state index is 11.4. The van der Waals surface area contributed by atoms with Crippen molar-refractivity contribution in [2.75, 3.05) is 7.11 Å². The quantitative estimate of drug-likeness (QED) is 0.377. The summed E-state index contributed by atoms with van der Waals surface area (Å²) in [7, 11) is 1.14. The first kappa shape index (κ1) is 14.5. The molecule has 1 rings (SSSR count). The lowest BCUT2D eigenvalue weighted by molar-refractivity contribution is -0.384. The molecule has 0 unspecified atom stereocenters. The van der Waals surface area contributed by atoms with Gasteiger partial charge in [-0.2, -0.15) is 0 Å². The van der Waals surface area contributed by atoms with Gasteiger partial charge in [-0.3, -0.25) is 20.3 Å². The van der Waals surface area contributed by atoms with Crippen molar-refractivity contribution in [3.63, 3.8) is 0 Å². The zero-order valence-electron chi connectivity index (χ0n) is 10.4. The van der Waals surface area contributed by atoms with Crippen LogP contribution >= 0.6 is 0 Å². The van der Waals surface area contributed by atoms with Gasteiger partial charge in [-0.05, 0) is 6.07 Å². The molecular formula is C12H12N2O5. The smallest absolute Gasteiger partial charge is 0.338 e. The van der Waals surface area contributed by atoms with Crippen LogP contribution < -0.4 is 0 Å². The number of ether oxygens (including phenoxy) is 1. The van der Waals surface area contributed by atoms with Gasteiger partial charge in [0, 0.05) is 24.1 Å². The molecular weight excluding hydrogens is 252 g/mol. The molecule has 0 aliphatic heterocycles. The van der Waals surface area contributed by atoms with Gasteiger partial charge >= 0.3 is 5.97 Å². The minimum absolute atomic E-state index is 0.0291. The average molecular weight is 264 g/mol. The third kappa shape index (κ3) is 3.21. The number of benzene rings is 1. The number of non-ortho nitro benzene ring substituents is 1. The summed E-state index contributed by atoms with van der Waals surface area (Å²) in [5, 5.41) is 18.4. The van der Waals surface area contributed by atoms with Crippen molar-refractivity contribution in [2.45, 2.75) is 13.3 Å². The lowest BCUT2D eigenvalue weighted by Crippen LogP contribution is -2.14. The van der Waals surface area contributed by atoms with Crippen molar-refractivity contribution < 1.29 is 19.2 Å². The van der Waals surface area contributed by atoms with Crippen LogP contribution in [0.2, 0.25) is 0 Å². The SMILES string of the molecule is CCC(=O)C(=N)c1cc(C(=O)OC)cc([N+](=O)[O-])c1. The van der Waals surface area contributed by atoms with Crippen molar-refractivity contribution in [3.05, 3.63) is 39.4 Å². The third-order valence-electron chi connectivity index (χ3n) is 2.44. The lowest BCUT2D eigenvalue weighted by Gasteiger charge is -2.05. The monoisotopic (exact) mass is 264 g/mol. The van der Waals surface area contributed by atoms with E-state index in [4.69, 9.17) is 5.41 Å². The highest BCUT2D eigenvalue weighted by Crippen LogP contribution is 2.19. The molecule has 0 aliphatic rings. The van der Waals surface area contributed by atoms with Gasteiger partial charge in [0.15, 0.2) is 5.78 Å². The molecule has 0 aliphatic carbocycles. The predicted octanol–water partition coefficient (Wildman–Crippen LogP) is 1.73. The maximum atomic E-state index is 11.4. The topological polar surface area (TPSA) is 110 Å². The number of carbonyl (C=O) groups excluding carboxylic acids is 2. The molecule has 0 spiro atoms. The molecule has 19 heavy (non-hydrogen) atoms. The Morgan fingerprint density at radius 3 is 2.37 bits per heavy atom. The van der Waals surface area contributed by atoms with E-state index >= 15 is 0 Å². The molecule has 1 N–H and O–H groups in total. The molecule has 0 atom stereocenters. The lowest BCUT2D eigenvalue weighted by atomic mass is 10.0. The fourth-order valence-electron chi connectivity index (χ4n) is 1.43. The van der Waals surface area contributed by atoms with Crippen molar-refractivity contribution >= 4 is 23.2 Å². The molecule has 100 valence electrons. The first-order valence-electron chi connectivity index (χ1n) is 5.40. The third-order valence-corrected chi connectivity index (χ3v) is 2.44. The molecule has 7 nitrogen and oxygen atoms in total. The van der Waals surface area contributed by atoms with Crippen LogP contribution in [-0.2, 0) is 9.53 Å². The molecule has 7 heteroatoms. The fraction of sp³-hybridized carbons (Fsp3) is 0.250. The number of methoxy groups -OCH3 is 1. The molecule has 0 fully saturated rings. The molecule has 0 bridgehead atoms. The Kier molecular flexibility index (Phi) is 4.46. The summed E-state index contributed by atoms with van der Waals surface area (Å²) in [4.78, 5) is 32.9.